The van der Waals surface area contributed by atoms with Crippen molar-refractivity contribution in [2.45, 2.75) is 0 Å². The van der Waals surface area contributed by atoms with Crippen LogP contribution in [0.15, 0.2) is 60.8 Å². The summed E-state index contributed by atoms with van der Waals surface area (Å²) in [6.07, 6.45) is 1.80. The van der Waals surface area contributed by atoms with Crippen molar-refractivity contribution in [3.05, 3.63) is 60.8 Å². The predicted molar refractivity (Wildman–Crippen MR) is 81.1 cm³/mol. The maximum absolute atomic E-state index is 4.21. The van der Waals surface area contributed by atoms with Gasteiger partial charge in [-0.25, -0.2) is 0 Å². The SMILES string of the molecule is c1ccc(Nc2nncc3c2[nH]c2ccccc23)cc1. The number of aromatic amines is 1. The summed E-state index contributed by atoms with van der Waals surface area (Å²) >= 11 is 0. The largest absolute Gasteiger partial charge is 0.351 e. The van der Waals surface area contributed by atoms with Crippen LogP contribution in [0.2, 0.25) is 0 Å². The van der Waals surface area contributed by atoms with Crippen LogP contribution in [0.25, 0.3) is 21.8 Å². The number of benzene rings is 2. The fourth-order valence-corrected chi connectivity index (χ4v) is 2.42. The number of anilines is 2. The van der Waals surface area contributed by atoms with Crippen molar-refractivity contribution in [3.63, 3.8) is 0 Å². The van der Waals surface area contributed by atoms with Gasteiger partial charge in [0.1, 0.15) is 0 Å². The van der Waals surface area contributed by atoms with Gasteiger partial charge >= 0.3 is 0 Å². The van der Waals surface area contributed by atoms with Crippen LogP contribution in [0.5, 0.6) is 0 Å². The lowest BCUT2D eigenvalue weighted by Crippen LogP contribution is -1.95. The van der Waals surface area contributed by atoms with Crippen LogP contribution in [-0.4, -0.2) is 15.2 Å². The van der Waals surface area contributed by atoms with Crippen LogP contribution in [0.4, 0.5) is 11.5 Å². The van der Waals surface area contributed by atoms with Crippen molar-refractivity contribution < 1.29 is 0 Å². The Morgan fingerprint density at radius 3 is 2.55 bits per heavy atom. The van der Waals surface area contributed by atoms with E-state index >= 15 is 0 Å². The zero-order valence-electron chi connectivity index (χ0n) is 10.7. The van der Waals surface area contributed by atoms with E-state index in [2.05, 4.69) is 32.6 Å². The fraction of sp³-hybridized carbons (Fsp3) is 0. The molecule has 0 amide bonds. The Kier molecular flexibility index (Phi) is 2.39. The number of fused-ring (bicyclic) bond motifs is 3. The molecule has 20 heavy (non-hydrogen) atoms. The summed E-state index contributed by atoms with van der Waals surface area (Å²) in [6, 6.07) is 18.2. The maximum atomic E-state index is 4.21. The van der Waals surface area contributed by atoms with Crippen molar-refractivity contribution in [1.29, 1.82) is 0 Å². The molecule has 0 saturated heterocycles. The molecule has 4 rings (SSSR count). The highest BCUT2D eigenvalue weighted by Crippen LogP contribution is 2.29. The van der Waals surface area contributed by atoms with Gasteiger partial charge in [-0.2, -0.15) is 5.10 Å². The number of nitrogens with one attached hydrogen (secondary N) is 2. The molecule has 4 nitrogen and oxygen atoms in total. The highest BCUT2D eigenvalue weighted by atomic mass is 15.2. The van der Waals surface area contributed by atoms with Gasteiger partial charge in [-0.15, -0.1) is 5.10 Å². The number of hydrogen-bond acceptors (Lipinski definition) is 3. The molecular formula is C16H12N4. The Bertz CT molecular complexity index is 881. The van der Waals surface area contributed by atoms with Gasteiger partial charge in [0.25, 0.3) is 0 Å². The molecule has 0 unspecified atom stereocenters. The van der Waals surface area contributed by atoms with Crippen LogP contribution in [0.3, 0.4) is 0 Å². The van der Waals surface area contributed by atoms with Crippen molar-refractivity contribution in [2.75, 3.05) is 5.32 Å². The van der Waals surface area contributed by atoms with E-state index in [4.69, 9.17) is 0 Å². The molecule has 0 radical (unpaired) electrons. The zero-order valence-corrected chi connectivity index (χ0v) is 10.7. The topological polar surface area (TPSA) is 53.6 Å². The maximum Gasteiger partial charge on any atom is 0.177 e. The lowest BCUT2D eigenvalue weighted by atomic mass is 10.2. The Morgan fingerprint density at radius 2 is 1.65 bits per heavy atom. The van der Waals surface area contributed by atoms with E-state index in [1.54, 1.807) is 6.20 Å². The van der Waals surface area contributed by atoms with Crippen LogP contribution in [-0.2, 0) is 0 Å². The summed E-state index contributed by atoms with van der Waals surface area (Å²) in [6.45, 7) is 0. The smallest absolute Gasteiger partial charge is 0.177 e. The number of para-hydroxylation sites is 2. The standard InChI is InChI=1S/C16H12N4/c1-2-6-11(7-3-1)18-16-15-13(10-17-20-16)12-8-4-5-9-14(12)19-15/h1-10,19H,(H,18,20). The van der Waals surface area contributed by atoms with Crippen LogP contribution in [0, 0.1) is 0 Å². The minimum Gasteiger partial charge on any atom is -0.351 e. The highest BCUT2D eigenvalue weighted by molar-refractivity contribution is 6.10. The molecular weight excluding hydrogens is 248 g/mol. The van der Waals surface area contributed by atoms with E-state index in [1.165, 1.54) is 0 Å². The molecule has 0 aliphatic carbocycles. The van der Waals surface area contributed by atoms with E-state index in [-0.39, 0.29) is 0 Å². The summed E-state index contributed by atoms with van der Waals surface area (Å²) in [7, 11) is 0. The van der Waals surface area contributed by atoms with Crippen LogP contribution < -0.4 is 5.32 Å². The summed E-state index contributed by atoms with van der Waals surface area (Å²) in [5.41, 5.74) is 3.06. The van der Waals surface area contributed by atoms with Gasteiger partial charge in [0.2, 0.25) is 0 Å². The Balaban J connectivity index is 1.91. The Morgan fingerprint density at radius 1 is 0.850 bits per heavy atom. The molecule has 0 aliphatic heterocycles. The first-order valence-corrected chi connectivity index (χ1v) is 6.46. The Labute approximate surface area is 115 Å². The second kappa shape index (κ2) is 4.35. The van der Waals surface area contributed by atoms with Gasteiger partial charge in [-0.3, -0.25) is 0 Å². The van der Waals surface area contributed by atoms with Gasteiger partial charge in [-0.1, -0.05) is 36.4 Å². The normalized spacial score (nSPS) is 11.0. The molecule has 4 aromatic rings. The first-order chi connectivity index (χ1) is 9.92. The third-order valence-corrected chi connectivity index (χ3v) is 3.36. The average molecular weight is 260 g/mol. The number of hydrogen-bond donors (Lipinski definition) is 2. The van der Waals surface area contributed by atoms with Crippen molar-refractivity contribution in [1.82, 2.24) is 15.2 Å². The average Bonchev–Trinajstić information content (AvgIpc) is 2.88. The molecule has 0 fully saturated rings. The van der Waals surface area contributed by atoms with Crippen LogP contribution in [0.1, 0.15) is 0 Å². The second-order valence-electron chi connectivity index (χ2n) is 4.64. The number of rotatable bonds is 2. The van der Waals surface area contributed by atoms with Crippen molar-refractivity contribution >= 4 is 33.3 Å². The highest BCUT2D eigenvalue weighted by Gasteiger charge is 2.09. The minimum atomic E-state index is 0.741. The molecule has 0 saturated carbocycles. The van der Waals surface area contributed by atoms with Gasteiger partial charge in [0, 0.05) is 22.0 Å². The van der Waals surface area contributed by atoms with Gasteiger partial charge in [0.15, 0.2) is 5.82 Å². The molecule has 0 atom stereocenters. The first-order valence-electron chi connectivity index (χ1n) is 6.46. The third-order valence-electron chi connectivity index (χ3n) is 3.36. The lowest BCUT2D eigenvalue weighted by molar-refractivity contribution is 1.05. The number of aromatic nitrogens is 3. The van der Waals surface area contributed by atoms with Crippen molar-refractivity contribution in [3.8, 4) is 0 Å². The fourth-order valence-electron chi connectivity index (χ4n) is 2.42. The van der Waals surface area contributed by atoms with E-state index in [0.717, 1.165) is 33.3 Å². The first kappa shape index (κ1) is 11.0. The van der Waals surface area contributed by atoms with E-state index in [9.17, 15) is 0 Å². The van der Waals surface area contributed by atoms with E-state index < -0.39 is 0 Å². The van der Waals surface area contributed by atoms with Gasteiger partial charge < -0.3 is 10.3 Å². The summed E-state index contributed by atoms with van der Waals surface area (Å²) in [4.78, 5) is 3.40. The Hall–Kier alpha value is -2.88. The molecule has 2 heterocycles. The second-order valence-corrected chi connectivity index (χ2v) is 4.64. The predicted octanol–water partition coefficient (Wildman–Crippen LogP) is 3.85. The third kappa shape index (κ3) is 1.70. The lowest BCUT2D eigenvalue weighted by Gasteiger charge is -2.05. The van der Waals surface area contributed by atoms with Gasteiger partial charge in [-0.05, 0) is 18.2 Å². The van der Waals surface area contributed by atoms with Crippen molar-refractivity contribution in [2.24, 2.45) is 0 Å². The summed E-state index contributed by atoms with van der Waals surface area (Å²) in [5, 5.41) is 13.8. The van der Waals surface area contributed by atoms with Gasteiger partial charge in [0.05, 0.1) is 11.7 Å². The summed E-state index contributed by atoms with van der Waals surface area (Å²) < 4.78 is 0. The molecule has 96 valence electrons. The number of H-pyrrole nitrogens is 1. The molecule has 0 bridgehead atoms. The van der Waals surface area contributed by atoms with Crippen LogP contribution >= 0.6 is 0 Å². The van der Waals surface area contributed by atoms with E-state index in [0.29, 0.717) is 0 Å². The molecule has 2 N–H and O–H groups in total. The minimum absolute atomic E-state index is 0.741. The molecule has 0 spiro atoms. The molecule has 4 heteroatoms. The monoisotopic (exact) mass is 260 g/mol. The molecule has 2 aromatic carbocycles. The number of nitrogens with zero attached hydrogens (tertiary/aromatic N) is 2. The quantitative estimate of drug-likeness (QED) is 0.575. The molecule has 2 aromatic heterocycles. The van der Waals surface area contributed by atoms with E-state index in [1.807, 2.05) is 42.5 Å². The molecule has 0 aliphatic rings. The summed E-state index contributed by atoms with van der Waals surface area (Å²) in [5.74, 6) is 0.741. The zero-order chi connectivity index (χ0) is 13.4.